The molecule has 0 spiro atoms. The summed E-state index contributed by atoms with van der Waals surface area (Å²) >= 11 is 5.78. The van der Waals surface area contributed by atoms with E-state index in [4.69, 9.17) is 11.6 Å². The molecule has 18 heavy (non-hydrogen) atoms. The number of hydrogen-bond acceptors (Lipinski definition) is 3. The number of nitrogens with zero attached hydrogens (tertiary/aromatic N) is 1. The van der Waals surface area contributed by atoms with Crippen LogP contribution in [0.3, 0.4) is 0 Å². The van der Waals surface area contributed by atoms with Crippen molar-refractivity contribution < 1.29 is 13.9 Å². The largest absolute Gasteiger partial charge is 0.465 e. The summed E-state index contributed by atoms with van der Waals surface area (Å²) in [5, 5.41) is 0.286. The van der Waals surface area contributed by atoms with Crippen molar-refractivity contribution in [2.75, 3.05) is 7.11 Å². The van der Waals surface area contributed by atoms with Gasteiger partial charge in [-0.3, -0.25) is 4.98 Å². The molecule has 92 valence electrons. The maximum atomic E-state index is 13.2. The van der Waals surface area contributed by atoms with E-state index in [1.165, 1.54) is 31.6 Å². The van der Waals surface area contributed by atoms with E-state index in [0.717, 1.165) is 0 Å². The van der Waals surface area contributed by atoms with E-state index in [0.29, 0.717) is 16.7 Å². The second-order valence-electron chi connectivity index (χ2n) is 3.61. The summed E-state index contributed by atoms with van der Waals surface area (Å²) in [6, 6.07) is 5.71. The number of pyridine rings is 1. The van der Waals surface area contributed by atoms with Crippen molar-refractivity contribution >= 4 is 17.6 Å². The number of methoxy groups -OCH3 is 1. The van der Waals surface area contributed by atoms with E-state index in [1.54, 1.807) is 12.1 Å². The van der Waals surface area contributed by atoms with Gasteiger partial charge in [0, 0.05) is 23.0 Å². The molecular formula is C13H9ClFNO2. The highest BCUT2D eigenvalue weighted by atomic mass is 35.5. The Labute approximate surface area is 108 Å². The Morgan fingerprint density at radius 3 is 2.67 bits per heavy atom. The molecule has 2 rings (SSSR count). The van der Waals surface area contributed by atoms with Gasteiger partial charge in [-0.05, 0) is 29.8 Å². The molecule has 0 saturated carbocycles. The van der Waals surface area contributed by atoms with Gasteiger partial charge in [-0.1, -0.05) is 11.6 Å². The van der Waals surface area contributed by atoms with Crippen molar-refractivity contribution in [2.45, 2.75) is 0 Å². The number of esters is 1. The minimum absolute atomic E-state index is 0.286. The molecule has 0 amide bonds. The van der Waals surface area contributed by atoms with Gasteiger partial charge >= 0.3 is 5.97 Å². The standard InChI is InChI=1S/C13H9ClFNO2/c1-18-13(17)10-2-9(6-16-7-10)8-3-11(14)5-12(15)4-8/h2-7H,1H3. The van der Waals surface area contributed by atoms with Crippen LogP contribution in [0.4, 0.5) is 4.39 Å². The van der Waals surface area contributed by atoms with Crippen LogP contribution in [-0.4, -0.2) is 18.1 Å². The Hall–Kier alpha value is -1.94. The predicted molar refractivity (Wildman–Crippen MR) is 66.0 cm³/mol. The maximum Gasteiger partial charge on any atom is 0.339 e. The molecule has 3 nitrogen and oxygen atoms in total. The first-order valence-corrected chi connectivity index (χ1v) is 5.48. The fourth-order valence-corrected chi connectivity index (χ4v) is 1.77. The van der Waals surface area contributed by atoms with Crippen LogP contribution in [0.25, 0.3) is 11.1 Å². The van der Waals surface area contributed by atoms with Gasteiger partial charge in [-0.25, -0.2) is 9.18 Å². The first kappa shape index (κ1) is 12.5. The topological polar surface area (TPSA) is 39.2 Å². The minimum Gasteiger partial charge on any atom is -0.465 e. The lowest BCUT2D eigenvalue weighted by Crippen LogP contribution is -2.01. The summed E-state index contributed by atoms with van der Waals surface area (Å²) in [6.07, 6.45) is 2.91. The van der Waals surface area contributed by atoms with Crippen molar-refractivity contribution in [1.29, 1.82) is 0 Å². The molecule has 0 aliphatic rings. The van der Waals surface area contributed by atoms with Crippen LogP contribution in [-0.2, 0) is 4.74 Å². The van der Waals surface area contributed by atoms with E-state index in [-0.39, 0.29) is 5.02 Å². The zero-order valence-electron chi connectivity index (χ0n) is 9.48. The van der Waals surface area contributed by atoms with E-state index in [1.807, 2.05) is 0 Å². The number of halogens is 2. The van der Waals surface area contributed by atoms with Gasteiger partial charge in [0.25, 0.3) is 0 Å². The third-order valence-corrected chi connectivity index (χ3v) is 2.57. The lowest BCUT2D eigenvalue weighted by atomic mass is 10.1. The molecule has 0 aliphatic carbocycles. The highest BCUT2D eigenvalue weighted by Gasteiger charge is 2.08. The highest BCUT2D eigenvalue weighted by Crippen LogP contribution is 2.24. The average Bonchev–Trinajstić information content (AvgIpc) is 2.37. The van der Waals surface area contributed by atoms with E-state index < -0.39 is 11.8 Å². The van der Waals surface area contributed by atoms with E-state index >= 15 is 0 Å². The van der Waals surface area contributed by atoms with Crippen LogP contribution in [0, 0.1) is 5.82 Å². The third kappa shape index (κ3) is 2.65. The number of aromatic nitrogens is 1. The molecule has 1 heterocycles. The molecule has 0 radical (unpaired) electrons. The summed E-state index contributed by atoms with van der Waals surface area (Å²) in [5.74, 6) is -0.937. The number of rotatable bonds is 2. The summed E-state index contributed by atoms with van der Waals surface area (Å²) in [5.41, 5.74) is 1.45. The Kier molecular flexibility index (Phi) is 3.58. The molecule has 0 N–H and O–H groups in total. The molecule has 0 unspecified atom stereocenters. The minimum atomic E-state index is -0.494. The second kappa shape index (κ2) is 5.14. The molecule has 0 saturated heterocycles. The summed E-state index contributed by atoms with van der Waals surface area (Å²) in [4.78, 5) is 15.3. The van der Waals surface area contributed by atoms with Gasteiger partial charge < -0.3 is 4.74 Å². The second-order valence-corrected chi connectivity index (χ2v) is 4.05. The van der Waals surface area contributed by atoms with E-state index in [9.17, 15) is 9.18 Å². The number of carbonyl (C=O) groups excluding carboxylic acids is 1. The number of benzene rings is 1. The lowest BCUT2D eigenvalue weighted by Gasteiger charge is -2.04. The summed E-state index contributed by atoms with van der Waals surface area (Å²) < 4.78 is 17.8. The maximum absolute atomic E-state index is 13.2. The fraction of sp³-hybridized carbons (Fsp3) is 0.0769. The summed E-state index contributed by atoms with van der Waals surface area (Å²) in [7, 11) is 1.29. The third-order valence-electron chi connectivity index (χ3n) is 2.36. The van der Waals surface area contributed by atoms with Crippen molar-refractivity contribution in [1.82, 2.24) is 4.98 Å². The van der Waals surface area contributed by atoms with Gasteiger partial charge in [-0.15, -0.1) is 0 Å². The first-order chi connectivity index (χ1) is 8.60. The van der Waals surface area contributed by atoms with Crippen LogP contribution in [0.5, 0.6) is 0 Å². The van der Waals surface area contributed by atoms with Crippen LogP contribution in [0.15, 0.2) is 36.7 Å². The van der Waals surface area contributed by atoms with Crippen LogP contribution in [0.1, 0.15) is 10.4 Å². The summed E-state index contributed by atoms with van der Waals surface area (Å²) in [6.45, 7) is 0. The zero-order chi connectivity index (χ0) is 13.1. The van der Waals surface area contributed by atoms with Gasteiger partial charge in [0.15, 0.2) is 0 Å². The molecule has 0 bridgehead atoms. The Morgan fingerprint density at radius 2 is 2.00 bits per heavy atom. The first-order valence-electron chi connectivity index (χ1n) is 5.10. The SMILES string of the molecule is COC(=O)c1cncc(-c2cc(F)cc(Cl)c2)c1. The van der Waals surface area contributed by atoms with Crippen molar-refractivity contribution in [2.24, 2.45) is 0 Å². The monoisotopic (exact) mass is 265 g/mol. The Morgan fingerprint density at radius 1 is 1.22 bits per heavy atom. The van der Waals surface area contributed by atoms with Gasteiger partial charge in [0.05, 0.1) is 12.7 Å². The number of ether oxygens (including phenoxy) is 1. The quantitative estimate of drug-likeness (QED) is 0.782. The van der Waals surface area contributed by atoms with E-state index in [2.05, 4.69) is 9.72 Å². The molecular weight excluding hydrogens is 257 g/mol. The molecule has 0 aliphatic heterocycles. The van der Waals surface area contributed by atoms with Gasteiger partial charge in [-0.2, -0.15) is 0 Å². The molecule has 0 fully saturated rings. The van der Waals surface area contributed by atoms with Crippen molar-refractivity contribution in [3.8, 4) is 11.1 Å². The van der Waals surface area contributed by atoms with Crippen molar-refractivity contribution in [3.63, 3.8) is 0 Å². The molecule has 1 aromatic heterocycles. The highest BCUT2D eigenvalue weighted by molar-refractivity contribution is 6.30. The average molecular weight is 266 g/mol. The van der Waals surface area contributed by atoms with Gasteiger partial charge in [0.1, 0.15) is 5.82 Å². The van der Waals surface area contributed by atoms with Gasteiger partial charge in [0.2, 0.25) is 0 Å². The molecule has 5 heteroatoms. The normalized spacial score (nSPS) is 10.2. The predicted octanol–water partition coefficient (Wildman–Crippen LogP) is 3.33. The molecule has 0 atom stereocenters. The Bertz CT molecular complexity index is 581. The molecule has 1 aromatic carbocycles. The number of carbonyl (C=O) groups is 1. The Balaban J connectivity index is 2.47. The molecule has 2 aromatic rings. The van der Waals surface area contributed by atoms with Crippen molar-refractivity contribution in [3.05, 3.63) is 53.1 Å². The smallest absolute Gasteiger partial charge is 0.339 e. The lowest BCUT2D eigenvalue weighted by molar-refractivity contribution is 0.0600. The zero-order valence-corrected chi connectivity index (χ0v) is 10.2. The number of hydrogen-bond donors (Lipinski definition) is 0. The fourth-order valence-electron chi connectivity index (χ4n) is 1.55. The van der Waals surface area contributed by atoms with Crippen LogP contribution in [0.2, 0.25) is 5.02 Å². The van der Waals surface area contributed by atoms with Crippen LogP contribution < -0.4 is 0 Å². The van der Waals surface area contributed by atoms with Crippen LogP contribution >= 0.6 is 11.6 Å².